The van der Waals surface area contributed by atoms with Crippen LogP contribution < -0.4 is 0 Å². The molecule has 1 amide bonds. The molecule has 0 aliphatic rings. The number of nitrogens with zero attached hydrogens (tertiary/aromatic N) is 3. The molecular formula is C8H12N4O3. The SMILES string of the molecule is CN(C(=O)c1cn[nH]n1)C(C)(C)C(=O)O. The number of hydrogen-bond donors (Lipinski definition) is 2. The summed E-state index contributed by atoms with van der Waals surface area (Å²) in [4.78, 5) is 23.7. The van der Waals surface area contributed by atoms with E-state index in [1.54, 1.807) is 0 Å². The van der Waals surface area contributed by atoms with Crippen molar-refractivity contribution in [1.29, 1.82) is 0 Å². The topological polar surface area (TPSA) is 99.2 Å². The van der Waals surface area contributed by atoms with Crippen molar-refractivity contribution < 1.29 is 14.7 Å². The van der Waals surface area contributed by atoms with Crippen LogP contribution in [-0.2, 0) is 4.79 Å². The molecule has 0 saturated carbocycles. The highest BCUT2D eigenvalue weighted by Gasteiger charge is 2.36. The van der Waals surface area contributed by atoms with Gasteiger partial charge in [-0.05, 0) is 13.8 Å². The molecule has 0 aliphatic carbocycles. The van der Waals surface area contributed by atoms with Gasteiger partial charge in [0.2, 0.25) is 0 Å². The van der Waals surface area contributed by atoms with Gasteiger partial charge in [-0.25, -0.2) is 4.79 Å². The molecule has 0 radical (unpaired) electrons. The monoisotopic (exact) mass is 212 g/mol. The van der Waals surface area contributed by atoms with Crippen LogP contribution in [0, 0.1) is 0 Å². The van der Waals surface area contributed by atoms with E-state index in [-0.39, 0.29) is 5.69 Å². The molecule has 0 unspecified atom stereocenters. The highest BCUT2D eigenvalue weighted by Crippen LogP contribution is 2.14. The summed E-state index contributed by atoms with van der Waals surface area (Å²) in [5, 5.41) is 18.3. The molecule has 0 spiro atoms. The van der Waals surface area contributed by atoms with Gasteiger partial charge in [-0.2, -0.15) is 15.4 Å². The van der Waals surface area contributed by atoms with Gasteiger partial charge in [0, 0.05) is 7.05 Å². The van der Waals surface area contributed by atoms with Gasteiger partial charge in [-0.15, -0.1) is 0 Å². The molecule has 15 heavy (non-hydrogen) atoms. The Bertz CT molecular complexity index is 371. The molecule has 7 nitrogen and oxygen atoms in total. The fraction of sp³-hybridized carbons (Fsp3) is 0.500. The number of carbonyl (C=O) groups is 2. The first-order chi connectivity index (χ1) is 6.87. The average molecular weight is 212 g/mol. The van der Waals surface area contributed by atoms with Gasteiger partial charge in [0.1, 0.15) is 5.54 Å². The third kappa shape index (κ3) is 1.95. The largest absolute Gasteiger partial charge is 0.480 e. The fourth-order valence-electron chi connectivity index (χ4n) is 0.874. The number of carbonyl (C=O) groups excluding carboxylic acids is 1. The van der Waals surface area contributed by atoms with E-state index in [2.05, 4.69) is 15.4 Å². The zero-order chi connectivity index (χ0) is 11.6. The van der Waals surface area contributed by atoms with Crippen LogP contribution in [0.4, 0.5) is 0 Å². The number of H-pyrrole nitrogens is 1. The summed E-state index contributed by atoms with van der Waals surface area (Å²) in [6.07, 6.45) is 1.25. The molecule has 82 valence electrons. The third-order valence-electron chi connectivity index (χ3n) is 2.30. The first kappa shape index (κ1) is 11.2. The molecule has 1 aromatic heterocycles. The molecular weight excluding hydrogens is 200 g/mol. The van der Waals surface area contributed by atoms with E-state index in [4.69, 9.17) is 5.11 Å². The zero-order valence-electron chi connectivity index (χ0n) is 8.68. The van der Waals surface area contributed by atoms with Crippen LogP contribution in [0.2, 0.25) is 0 Å². The number of carboxylic acids is 1. The van der Waals surface area contributed by atoms with Crippen LogP contribution in [0.15, 0.2) is 6.20 Å². The van der Waals surface area contributed by atoms with Gasteiger partial charge in [-0.1, -0.05) is 0 Å². The van der Waals surface area contributed by atoms with Crippen LogP contribution in [0.25, 0.3) is 0 Å². The Hall–Kier alpha value is -1.92. The molecule has 0 bridgehead atoms. The number of aliphatic carboxylic acids is 1. The van der Waals surface area contributed by atoms with Crippen LogP contribution in [0.5, 0.6) is 0 Å². The van der Waals surface area contributed by atoms with E-state index in [0.29, 0.717) is 0 Å². The van der Waals surface area contributed by atoms with Crippen molar-refractivity contribution >= 4 is 11.9 Å². The average Bonchev–Trinajstić information content (AvgIpc) is 2.67. The molecule has 1 rings (SSSR count). The number of likely N-dealkylation sites (N-methyl/N-ethyl adjacent to an activating group) is 1. The number of nitrogens with one attached hydrogen (secondary N) is 1. The minimum atomic E-state index is -1.28. The van der Waals surface area contributed by atoms with E-state index >= 15 is 0 Å². The van der Waals surface area contributed by atoms with Crippen molar-refractivity contribution in [3.05, 3.63) is 11.9 Å². The summed E-state index contributed by atoms with van der Waals surface area (Å²) in [5.41, 5.74) is -1.19. The van der Waals surface area contributed by atoms with Gasteiger partial charge in [-0.3, -0.25) is 4.79 Å². The molecule has 1 heterocycles. The summed E-state index contributed by atoms with van der Waals surface area (Å²) in [6.45, 7) is 2.88. The van der Waals surface area contributed by atoms with Crippen LogP contribution in [0.1, 0.15) is 24.3 Å². The van der Waals surface area contributed by atoms with Gasteiger partial charge >= 0.3 is 5.97 Å². The van der Waals surface area contributed by atoms with Crippen LogP contribution in [-0.4, -0.2) is 49.9 Å². The number of amides is 1. The maximum Gasteiger partial charge on any atom is 0.329 e. The Morgan fingerprint density at radius 1 is 1.53 bits per heavy atom. The van der Waals surface area contributed by atoms with Crippen molar-refractivity contribution in [1.82, 2.24) is 20.3 Å². The second-order valence-electron chi connectivity index (χ2n) is 3.58. The second-order valence-corrected chi connectivity index (χ2v) is 3.58. The maximum atomic E-state index is 11.7. The van der Waals surface area contributed by atoms with Gasteiger partial charge in [0.05, 0.1) is 6.20 Å². The smallest absolute Gasteiger partial charge is 0.329 e. The third-order valence-corrected chi connectivity index (χ3v) is 2.30. The highest BCUT2D eigenvalue weighted by molar-refractivity contribution is 5.95. The highest BCUT2D eigenvalue weighted by atomic mass is 16.4. The van der Waals surface area contributed by atoms with Gasteiger partial charge < -0.3 is 10.0 Å². The normalized spacial score (nSPS) is 11.1. The van der Waals surface area contributed by atoms with Crippen LogP contribution in [0.3, 0.4) is 0 Å². The molecule has 0 atom stereocenters. The molecule has 0 saturated heterocycles. The van der Waals surface area contributed by atoms with Crippen molar-refractivity contribution in [3.8, 4) is 0 Å². The number of carboxylic acid groups (broad SMARTS) is 1. The second kappa shape index (κ2) is 3.68. The number of aromatic amines is 1. The Balaban J connectivity index is 2.91. The Morgan fingerprint density at radius 2 is 2.13 bits per heavy atom. The molecule has 0 fully saturated rings. The Labute approximate surface area is 86.1 Å². The van der Waals surface area contributed by atoms with Crippen molar-refractivity contribution in [2.75, 3.05) is 7.05 Å². The van der Waals surface area contributed by atoms with Crippen LogP contribution >= 0.6 is 0 Å². The van der Waals surface area contributed by atoms with Crippen molar-refractivity contribution in [2.24, 2.45) is 0 Å². The standard InChI is InChI=1S/C8H12N4O3/c1-8(2,7(14)15)12(3)6(13)5-4-9-11-10-5/h4H,1-3H3,(H,14,15)(H,9,10,11). The lowest BCUT2D eigenvalue weighted by atomic mass is 10.0. The summed E-state index contributed by atoms with van der Waals surface area (Å²) < 4.78 is 0. The van der Waals surface area contributed by atoms with Crippen molar-refractivity contribution in [2.45, 2.75) is 19.4 Å². The van der Waals surface area contributed by atoms with Gasteiger partial charge in [0.25, 0.3) is 5.91 Å². The first-order valence-electron chi connectivity index (χ1n) is 4.24. The molecule has 0 aromatic carbocycles. The van der Waals surface area contributed by atoms with E-state index in [1.165, 1.54) is 27.1 Å². The minimum absolute atomic E-state index is 0.0897. The predicted molar refractivity (Wildman–Crippen MR) is 50.2 cm³/mol. The van der Waals surface area contributed by atoms with Crippen molar-refractivity contribution in [3.63, 3.8) is 0 Å². The zero-order valence-corrected chi connectivity index (χ0v) is 8.68. The fourth-order valence-corrected chi connectivity index (χ4v) is 0.874. The summed E-state index contributed by atoms with van der Waals surface area (Å²) in [5.74, 6) is -1.57. The molecule has 0 aliphatic heterocycles. The van der Waals surface area contributed by atoms with E-state index in [9.17, 15) is 9.59 Å². The predicted octanol–water partition coefficient (Wildman–Crippen LogP) is -0.260. The summed E-state index contributed by atoms with van der Waals surface area (Å²) in [7, 11) is 1.41. The number of rotatable bonds is 3. The lowest BCUT2D eigenvalue weighted by molar-refractivity contribution is -0.147. The number of aromatic nitrogens is 3. The number of hydrogen-bond acceptors (Lipinski definition) is 4. The Morgan fingerprint density at radius 3 is 2.53 bits per heavy atom. The van der Waals surface area contributed by atoms with E-state index in [0.717, 1.165) is 4.90 Å². The molecule has 1 aromatic rings. The van der Waals surface area contributed by atoms with Gasteiger partial charge in [0.15, 0.2) is 5.69 Å². The van der Waals surface area contributed by atoms with E-state index < -0.39 is 17.4 Å². The maximum absolute atomic E-state index is 11.7. The lowest BCUT2D eigenvalue weighted by Crippen LogP contribution is -2.50. The Kier molecular flexibility index (Phi) is 2.74. The van der Waals surface area contributed by atoms with E-state index in [1.807, 2.05) is 0 Å². The quantitative estimate of drug-likeness (QED) is 0.719. The summed E-state index contributed by atoms with van der Waals surface area (Å²) in [6, 6.07) is 0. The lowest BCUT2D eigenvalue weighted by Gasteiger charge is -2.30. The molecule has 2 N–H and O–H groups in total. The minimum Gasteiger partial charge on any atom is -0.480 e. The summed E-state index contributed by atoms with van der Waals surface area (Å²) >= 11 is 0. The molecule has 7 heteroatoms. The first-order valence-corrected chi connectivity index (χ1v) is 4.24.